The summed E-state index contributed by atoms with van der Waals surface area (Å²) in [5.74, 6) is 0.590. The number of hydrogen-bond acceptors (Lipinski definition) is 4. The highest BCUT2D eigenvalue weighted by Gasteiger charge is 2.15. The molecule has 1 unspecified atom stereocenters. The zero-order valence-electron chi connectivity index (χ0n) is 10.7. The maximum absolute atomic E-state index is 11.9. The van der Waals surface area contributed by atoms with Crippen LogP contribution in [0.4, 0.5) is 0 Å². The zero-order chi connectivity index (χ0) is 13.7. The largest absolute Gasteiger partial charge is 0.454 e. The van der Waals surface area contributed by atoms with Gasteiger partial charge in [0.15, 0.2) is 5.76 Å². The quantitative estimate of drug-likeness (QED) is 0.815. The summed E-state index contributed by atoms with van der Waals surface area (Å²) in [5, 5.41) is 15.8. The first-order valence-electron chi connectivity index (χ1n) is 6.20. The van der Waals surface area contributed by atoms with E-state index in [2.05, 4.69) is 10.4 Å². The molecule has 0 aliphatic carbocycles. The van der Waals surface area contributed by atoms with Crippen molar-refractivity contribution in [2.75, 3.05) is 6.61 Å². The molecule has 0 fully saturated rings. The Morgan fingerprint density at radius 3 is 3.05 bits per heavy atom. The summed E-state index contributed by atoms with van der Waals surface area (Å²) in [6, 6.07) is 4.95. The average molecular weight is 263 g/mol. The number of rotatable bonds is 6. The molecule has 1 atom stereocenters. The van der Waals surface area contributed by atoms with Crippen molar-refractivity contribution in [2.24, 2.45) is 0 Å². The second-order valence-electron chi connectivity index (χ2n) is 4.23. The van der Waals surface area contributed by atoms with Crippen LogP contribution in [0.1, 0.15) is 29.7 Å². The third kappa shape index (κ3) is 3.45. The molecule has 2 aromatic heterocycles. The number of aliphatic hydroxyl groups is 1. The lowest BCUT2D eigenvalue weighted by molar-refractivity contribution is 0.0885. The fraction of sp³-hybridized carbons (Fsp3) is 0.385. The van der Waals surface area contributed by atoms with Gasteiger partial charge < -0.3 is 14.8 Å². The first kappa shape index (κ1) is 13.4. The Morgan fingerprint density at radius 1 is 1.58 bits per heavy atom. The van der Waals surface area contributed by atoms with Crippen LogP contribution >= 0.6 is 0 Å². The predicted octanol–water partition coefficient (Wildman–Crippen LogP) is 1.03. The standard InChI is InChI=1S/C13H17N3O3/c1-2-10(9-17)15-13(18)12-5-4-11(19-12)8-16-7-3-6-14-16/h3-7,10,17H,2,8-9H2,1H3,(H,15,18). The van der Waals surface area contributed by atoms with Gasteiger partial charge in [-0.2, -0.15) is 5.10 Å². The number of aliphatic hydroxyl groups excluding tert-OH is 1. The zero-order valence-corrected chi connectivity index (χ0v) is 10.7. The van der Waals surface area contributed by atoms with Crippen LogP contribution in [0, 0.1) is 0 Å². The van der Waals surface area contributed by atoms with E-state index in [-0.39, 0.29) is 24.3 Å². The van der Waals surface area contributed by atoms with E-state index < -0.39 is 0 Å². The highest BCUT2D eigenvalue weighted by atomic mass is 16.4. The van der Waals surface area contributed by atoms with Gasteiger partial charge in [0.25, 0.3) is 5.91 Å². The van der Waals surface area contributed by atoms with Crippen molar-refractivity contribution in [1.82, 2.24) is 15.1 Å². The second-order valence-corrected chi connectivity index (χ2v) is 4.23. The third-order valence-electron chi connectivity index (χ3n) is 2.81. The molecule has 19 heavy (non-hydrogen) atoms. The fourth-order valence-corrected chi connectivity index (χ4v) is 1.67. The average Bonchev–Trinajstić information content (AvgIpc) is 3.07. The van der Waals surface area contributed by atoms with Crippen LogP contribution in [0.3, 0.4) is 0 Å². The van der Waals surface area contributed by atoms with Crippen LogP contribution in [0.5, 0.6) is 0 Å². The van der Waals surface area contributed by atoms with Gasteiger partial charge in [-0.3, -0.25) is 9.48 Å². The van der Waals surface area contributed by atoms with Crippen molar-refractivity contribution < 1.29 is 14.3 Å². The summed E-state index contributed by atoms with van der Waals surface area (Å²) >= 11 is 0. The van der Waals surface area contributed by atoms with Gasteiger partial charge in [-0.15, -0.1) is 0 Å². The number of carbonyl (C=O) groups excluding carboxylic acids is 1. The monoisotopic (exact) mass is 263 g/mol. The smallest absolute Gasteiger partial charge is 0.287 e. The molecule has 0 spiro atoms. The van der Waals surface area contributed by atoms with Crippen LogP contribution in [0.25, 0.3) is 0 Å². The van der Waals surface area contributed by atoms with Crippen LogP contribution in [-0.2, 0) is 6.54 Å². The number of nitrogens with zero attached hydrogens (tertiary/aromatic N) is 2. The minimum Gasteiger partial charge on any atom is -0.454 e. The van der Waals surface area contributed by atoms with Crippen LogP contribution in [-0.4, -0.2) is 33.4 Å². The van der Waals surface area contributed by atoms with E-state index in [1.54, 1.807) is 23.0 Å². The maximum atomic E-state index is 11.9. The number of hydrogen-bond donors (Lipinski definition) is 2. The molecule has 0 radical (unpaired) electrons. The van der Waals surface area contributed by atoms with Crippen LogP contribution < -0.4 is 5.32 Å². The summed E-state index contributed by atoms with van der Waals surface area (Å²) in [4.78, 5) is 11.9. The Morgan fingerprint density at radius 2 is 2.42 bits per heavy atom. The molecule has 2 N–H and O–H groups in total. The van der Waals surface area contributed by atoms with E-state index in [4.69, 9.17) is 9.52 Å². The summed E-state index contributed by atoms with van der Waals surface area (Å²) in [7, 11) is 0. The molecule has 0 saturated carbocycles. The minimum atomic E-state index is -0.312. The summed E-state index contributed by atoms with van der Waals surface area (Å²) in [6.07, 6.45) is 4.17. The summed E-state index contributed by atoms with van der Waals surface area (Å²) in [5.41, 5.74) is 0. The van der Waals surface area contributed by atoms with E-state index in [9.17, 15) is 4.79 Å². The molecule has 0 bridgehead atoms. The molecule has 6 nitrogen and oxygen atoms in total. The van der Waals surface area contributed by atoms with Crippen molar-refractivity contribution in [2.45, 2.75) is 25.9 Å². The molecule has 2 heterocycles. The summed E-state index contributed by atoms with van der Waals surface area (Å²) in [6.45, 7) is 2.30. The van der Waals surface area contributed by atoms with E-state index in [1.165, 1.54) is 0 Å². The number of amides is 1. The predicted molar refractivity (Wildman–Crippen MR) is 68.7 cm³/mol. The van der Waals surface area contributed by atoms with E-state index in [1.807, 2.05) is 19.2 Å². The second kappa shape index (κ2) is 6.19. The first-order valence-corrected chi connectivity index (χ1v) is 6.20. The molecule has 0 aliphatic heterocycles. The Labute approximate surface area is 111 Å². The van der Waals surface area contributed by atoms with Gasteiger partial charge in [0, 0.05) is 12.4 Å². The number of furan rings is 1. The molecule has 0 saturated heterocycles. The lowest BCUT2D eigenvalue weighted by Gasteiger charge is -2.12. The highest BCUT2D eigenvalue weighted by molar-refractivity contribution is 5.91. The Balaban J connectivity index is 1.98. The Kier molecular flexibility index (Phi) is 4.35. The van der Waals surface area contributed by atoms with E-state index in [0.29, 0.717) is 18.7 Å². The van der Waals surface area contributed by atoms with Gasteiger partial charge in [-0.05, 0) is 24.6 Å². The van der Waals surface area contributed by atoms with Gasteiger partial charge >= 0.3 is 0 Å². The lowest BCUT2D eigenvalue weighted by atomic mass is 10.2. The topological polar surface area (TPSA) is 80.3 Å². The van der Waals surface area contributed by atoms with E-state index in [0.717, 1.165) is 0 Å². The van der Waals surface area contributed by atoms with Crippen molar-refractivity contribution in [3.63, 3.8) is 0 Å². The highest BCUT2D eigenvalue weighted by Crippen LogP contribution is 2.09. The van der Waals surface area contributed by atoms with Gasteiger partial charge in [0.2, 0.25) is 0 Å². The molecule has 1 amide bonds. The van der Waals surface area contributed by atoms with Gasteiger partial charge in [0.05, 0.1) is 19.2 Å². The molecule has 6 heteroatoms. The molecule has 2 aromatic rings. The van der Waals surface area contributed by atoms with Crippen molar-refractivity contribution >= 4 is 5.91 Å². The van der Waals surface area contributed by atoms with Gasteiger partial charge in [-0.25, -0.2) is 0 Å². The van der Waals surface area contributed by atoms with E-state index >= 15 is 0 Å². The van der Waals surface area contributed by atoms with Gasteiger partial charge in [0.1, 0.15) is 5.76 Å². The number of aromatic nitrogens is 2. The van der Waals surface area contributed by atoms with Crippen molar-refractivity contribution in [3.8, 4) is 0 Å². The Hall–Kier alpha value is -2.08. The molecular weight excluding hydrogens is 246 g/mol. The fourth-order valence-electron chi connectivity index (χ4n) is 1.67. The lowest BCUT2D eigenvalue weighted by Crippen LogP contribution is -2.36. The van der Waals surface area contributed by atoms with Gasteiger partial charge in [-0.1, -0.05) is 6.92 Å². The summed E-state index contributed by atoms with van der Waals surface area (Å²) < 4.78 is 7.17. The SMILES string of the molecule is CCC(CO)NC(=O)c1ccc(Cn2cccn2)o1. The number of carbonyl (C=O) groups is 1. The molecule has 0 aromatic carbocycles. The molecule has 102 valence electrons. The molecule has 2 rings (SSSR count). The Bertz CT molecular complexity index is 515. The number of nitrogens with one attached hydrogen (secondary N) is 1. The first-order chi connectivity index (χ1) is 9.22. The molecular formula is C13H17N3O3. The van der Waals surface area contributed by atoms with Crippen molar-refractivity contribution in [3.05, 3.63) is 42.1 Å². The normalized spacial score (nSPS) is 12.3. The van der Waals surface area contributed by atoms with Crippen LogP contribution in [0.15, 0.2) is 35.0 Å². The van der Waals surface area contributed by atoms with Crippen LogP contribution in [0.2, 0.25) is 0 Å². The van der Waals surface area contributed by atoms with Crippen molar-refractivity contribution in [1.29, 1.82) is 0 Å². The maximum Gasteiger partial charge on any atom is 0.287 e. The molecule has 0 aliphatic rings. The minimum absolute atomic E-state index is 0.0803. The third-order valence-corrected chi connectivity index (χ3v) is 2.81.